The molecule has 1 saturated heterocycles. The lowest BCUT2D eigenvalue weighted by Crippen LogP contribution is -2.48. The predicted molar refractivity (Wildman–Crippen MR) is 126 cm³/mol. The standard InChI is InChI=1S/C27H23N3O4/c28-18-21-11-13-22(14-12-21)30-25(31)17-24(27(30)33)29(16-15-20-7-3-1-4-8-20)26(32)19-34-23-9-5-2-6-10-23/h1-14,24H,15-17,19H2. The van der Waals surface area contributed by atoms with Crippen molar-refractivity contribution in [3.8, 4) is 11.8 Å². The smallest absolute Gasteiger partial charge is 0.261 e. The summed E-state index contributed by atoms with van der Waals surface area (Å²) in [4.78, 5) is 41.8. The molecule has 7 nitrogen and oxygen atoms in total. The maximum absolute atomic E-state index is 13.3. The molecule has 34 heavy (non-hydrogen) atoms. The Kier molecular flexibility index (Phi) is 6.99. The van der Waals surface area contributed by atoms with Crippen molar-refractivity contribution >= 4 is 23.4 Å². The average molecular weight is 453 g/mol. The Balaban J connectivity index is 1.54. The third kappa shape index (κ3) is 5.13. The van der Waals surface area contributed by atoms with Crippen molar-refractivity contribution in [3.05, 3.63) is 96.1 Å². The molecule has 1 unspecified atom stereocenters. The van der Waals surface area contributed by atoms with E-state index < -0.39 is 11.9 Å². The van der Waals surface area contributed by atoms with Gasteiger partial charge < -0.3 is 9.64 Å². The molecule has 1 atom stereocenters. The summed E-state index contributed by atoms with van der Waals surface area (Å²) in [6, 6.07) is 25.9. The number of benzene rings is 3. The fourth-order valence-corrected chi connectivity index (χ4v) is 3.91. The van der Waals surface area contributed by atoms with Gasteiger partial charge in [0.15, 0.2) is 6.61 Å². The molecule has 3 aromatic carbocycles. The molecule has 1 heterocycles. The van der Waals surface area contributed by atoms with Crippen LogP contribution in [0.2, 0.25) is 0 Å². The van der Waals surface area contributed by atoms with Crippen LogP contribution in [0.1, 0.15) is 17.5 Å². The van der Waals surface area contributed by atoms with E-state index in [0.29, 0.717) is 23.4 Å². The molecule has 1 aliphatic rings. The van der Waals surface area contributed by atoms with E-state index in [4.69, 9.17) is 10.00 Å². The third-order valence-corrected chi connectivity index (χ3v) is 5.66. The van der Waals surface area contributed by atoms with Crippen molar-refractivity contribution in [2.45, 2.75) is 18.9 Å². The van der Waals surface area contributed by atoms with Crippen molar-refractivity contribution < 1.29 is 19.1 Å². The van der Waals surface area contributed by atoms with Gasteiger partial charge in [-0.25, -0.2) is 4.90 Å². The zero-order valence-corrected chi connectivity index (χ0v) is 18.5. The second-order valence-electron chi connectivity index (χ2n) is 7.87. The Morgan fingerprint density at radius 3 is 2.26 bits per heavy atom. The molecule has 0 aromatic heterocycles. The van der Waals surface area contributed by atoms with E-state index in [1.807, 2.05) is 54.6 Å². The van der Waals surface area contributed by atoms with Gasteiger partial charge in [0.05, 0.1) is 23.7 Å². The fourth-order valence-electron chi connectivity index (χ4n) is 3.91. The van der Waals surface area contributed by atoms with Gasteiger partial charge in [-0.3, -0.25) is 14.4 Å². The van der Waals surface area contributed by atoms with Gasteiger partial charge in [0.25, 0.3) is 11.8 Å². The van der Waals surface area contributed by atoms with Crippen LogP contribution in [0.3, 0.4) is 0 Å². The van der Waals surface area contributed by atoms with Crippen molar-refractivity contribution in [2.24, 2.45) is 0 Å². The van der Waals surface area contributed by atoms with Gasteiger partial charge in [0, 0.05) is 6.54 Å². The highest BCUT2D eigenvalue weighted by Crippen LogP contribution is 2.26. The van der Waals surface area contributed by atoms with E-state index in [9.17, 15) is 14.4 Å². The van der Waals surface area contributed by atoms with Gasteiger partial charge in [0.1, 0.15) is 11.8 Å². The Morgan fingerprint density at radius 1 is 0.971 bits per heavy atom. The molecule has 0 radical (unpaired) electrons. The molecular weight excluding hydrogens is 430 g/mol. The summed E-state index contributed by atoms with van der Waals surface area (Å²) in [5.74, 6) is -0.670. The van der Waals surface area contributed by atoms with E-state index in [2.05, 4.69) is 0 Å². The van der Waals surface area contributed by atoms with Crippen LogP contribution >= 0.6 is 0 Å². The molecule has 4 rings (SSSR count). The van der Waals surface area contributed by atoms with Crippen LogP contribution in [0, 0.1) is 11.3 Å². The summed E-state index contributed by atoms with van der Waals surface area (Å²) in [6.45, 7) is 0.0273. The fraction of sp³-hybridized carbons (Fsp3) is 0.185. The first kappa shape index (κ1) is 22.7. The molecule has 0 spiro atoms. The van der Waals surface area contributed by atoms with Crippen LogP contribution in [-0.2, 0) is 20.8 Å². The lowest BCUT2D eigenvalue weighted by molar-refractivity contribution is -0.140. The number of carbonyl (C=O) groups excluding carboxylic acids is 3. The zero-order valence-electron chi connectivity index (χ0n) is 18.5. The predicted octanol–water partition coefficient (Wildman–Crippen LogP) is 3.34. The number of hydrogen-bond acceptors (Lipinski definition) is 5. The molecule has 3 aromatic rings. The number of nitrogens with zero attached hydrogens (tertiary/aromatic N) is 3. The number of ether oxygens (including phenoxy) is 1. The number of rotatable bonds is 8. The van der Waals surface area contributed by atoms with Crippen LogP contribution in [0.15, 0.2) is 84.9 Å². The SMILES string of the molecule is N#Cc1ccc(N2C(=O)CC(N(CCc3ccccc3)C(=O)COc3ccccc3)C2=O)cc1. The van der Waals surface area contributed by atoms with Crippen molar-refractivity contribution in [2.75, 3.05) is 18.1 Å². The first-order valence-corrected chi connectivity index (χ1v) is 10.9. The van der Waals surface area contributed by atoms with Gasteiger partial charge in [-0.05, 0) is 48.4 Å². The highest BCUT2D eigenvalue weighted by atomic mass is 16.5. The zero-order chi connectivity index (χ0) is 23.9. The molecule has 170 valence electrons. The Labute approximate surface area is 197 Å². The lowest BCUT2D eigenvalue weighted by atomic mass is 10.1. The van der Waals surface area contributed by atoms with E-state index in [1.165, 1.54) is 4.90 Å². The molecule has 0 bridgehead atoms. The third-order valence-electron chi connectivity index (χ3n) is 5.66. The maximum atomic E-state index is 13.3. The van der Waals surface area contributed by atoms with Crippen molar-refractivity contribution in [1.82, 2.24) is 4.90 Å². The first-order chi connectivity index (χ1) is 16.6. The minimum atomic E-state index is -0.918. The van der Waals surface area contributed by atoms with Crippen LogP contribution in [-0.4, -0.2) is 41.8 Å². The van der Waals surface area contributed by atoms with E-state index >= 15 is 0 Å². The van der Waals surface area contributed by atoms with Gasteiger partial charge in [-0.2, -0.15) is 5.26 Å². The minimum absolute atomic E-state index is 0.106. The minimum Gasteiger partial charge on any atom is -0.484 e. The number of amides is 3. The summed E-state index contributed by atoms with van der Waals surface area (Å²) in [5.41, 5.74) is 1.83. The number of carbonyl (C=O) groups is 3. The molecular formula is C27H23N3O4. The largest absolute Gasteiger partial charge is 0.484 e. The average Bonchev–Trinajstić information content (AvgIpc) is 3.17. The molecule has 0 aliphatic carbocycles. The summed E-state index contributed by atoms with van der Waals surface area (Å²) in [6.07, 6.45) is 0.428. The van der Waals surface area contributed by atoms with Gasteiger partial charge >= 0.3 is 0 Å². The quantitative estimate of drug-likeness (QED) is 0.488. The van der Waals surface area contributed by atoms with Crippen molar-refractivity contribution in [1.29, 1.82) is 5.26 Å². The Morgan fingerprint density at radius 2 is 1.62 bits per heavy atom. The monoisotopic (exact) mass is 453 g/mol. The summed E-state index contributed by atoms with van der Waals surface area (Å²) in [5, 5.41) is 9.01. The topological polar surface area (TPSA) is 90.7 Å². The van der Waals surface area contributed by atoms with E-state index in [-0.39, 0.29) is 31.4 Å². The number of hydrogen-bond donors (Lipinski definition) is 0. The highest BCUT2D eigenvalue weighted by Gasteiger charge is 2.44. The van der Waals surface area contributed by atoms with Crippen LogP contribution < -0.4 is 9.64 Å². The number of anilines is 1. The maximum Gasteiger partial charge on any atom is 0.261 e. The number of para-hydroxylation sites is 1. The normalized spacial score (nSPS) is 15.1. The summed E-state index contributed by atoms with van der Waals surface area (Å²) < 4.78 is 5.63. The first-order valence-electron chi connectivity index (χ1n) is 10.9. The Hall–Kier alpha value is -4.44. The van der Waals surface area contributed by atoms with Crippen molar-refractivity contribution in [3.63, 3.8) is 0 Å². The van der Waals surface area contributed by atoms with Gasteiger partial charge in [0.2, 0.25) is 5.91 Å². The second kappa shape index (κ2) is 10.5. The van der Waals surface area contributed by atoms with E-state index in [1.54, 1.807) is 36.4 Å². The van der Waals surface area contributed by atoms with E-state index in [0.717, 1.165) is 10.5 Å². The Bertz CT molecular complexity index is 1200. The van der Waals surface area contributed by atoms with Crippen LogP contribution in [0.4, 0.5) is 5.69 Å². The molecule has 0 saturated carbocycles. The van der Waals surface area contributed by atoms with Gasteiger partial charge in [-0.15, -0.1) is 0 Å². The molecule has 7 heteroatoms. The van der Waals surface area contributed by atoms with Crippen LogP contribution in [0.5, 0.6) is 5.75 Å². The summed E-state index contributed by atoms with van der Waals surface area (Å²) in [7, 11) is 0. The number of imide groups is 1. The highest BCUT2D eigenvalue weighted by molar-refractivity contribution is 6.23. The molecule has 0 N–H and O–H groups in total. The second-order valence-corrected chi connectivity index (χ2v) is 7.87. The molecule has 1 aliphatic heterocycles. The number of nitriles is 1. The lowest BCUT2D eigenvalue weighted by Gasteiger charge is -2.28. The van der Waals surface area contributed by atoms with Gasteiger partial charge in [-0.1, -0.05) is 48.5 Å². The molecule has 1 fully saturated rings. The summed E-state index contributed by atoms with van der Waals surface area (Å²) >= 11 is 0. The molecule has 3 amide bonds. The van der Waals surface area contributed by atoms with Crippen LogP contribution in [0.25, 0.3) is 0 Å².